The lowest BCUT2D eigenvalue weighted by molar-refractivity contribution is -0.116. The molecule has 6 nitrogen and oxygen atoms in total. The number of nitrogens with zero attached hydrogens (tertiary/aromatic N) is 3. The van der Waals surface area contributed by atoms with E-state index >= 15 is 0 Å². The molecule has 1 amide bonds. The van der Waals surface area contributed by atoms with Gasteiger partial charge in [-0.05, 0) is 37.1 Å². The fourth-order valence-corrected chi connectivity index (χ4v) is 2.03. The van der Waals surface area contributed by atoms with Gasteiger partial charge in [-0.2, -0.15) is 5.10 Å². The topological polar surface area (TPSA) is 85.8 Å². The van der Waals surface area contributed by atoms with Gasteiger partial charge in [-0.15, -0.1) is 0 Å². The Kier molecular flexibility index (Phi) is 5.90. The van der Waals surface area contributed by atoms with Gasteiger partial charge in [0.1, 0.15) is 12.7 Å². The molecular weight excluding hydrogens is 266 g/mol. The fourth-order valence-electron chi connectivity index (χ4n) is 2.03. The van der Waals surface area contributed by atoms with Crippen LogP contribution in [0.2, 0.25) is 0 Å². The minimum Gasteiger partial charge on any atom is -0.330 e. The predicted molar refractivity (Wildman–Crippen MR) is 81.7 cm³/mol. The Morgan fingerprint density at radius 3 is 2.67 bits per heavy atom. The Bertz CT molecular complexity index is 536. The molecule has 0 atom stereocenters. The Balaban J connectivity index is 1.78. The van der Waals surface area contributed by atoms with Crippen molar-refractivity contribution in [1.29, 1.82) is 0 Å². The van der Waals surface area contributed by atoms with E-state index in [1.165, 1.54) is 6.33 Å². The first kappa shape index (κ1) is 15.2. The summed E-state index contributed by atoms with van der Waals surface area (Å²) in [6.07, 6.45) is 6.59. The Morgan fingerprint density at radius 1 is 1.19 bits per heavy atom. The fraction of sp³-hybridized carbons (Fsp3) is 0.400. The van der Waals surface area contributed by atoms with Gasteiger partial charge in [0.15, 0.2) is 0 Å². The van der Waals surface area contributed by atoms with Crippen molar-refractivity contribution in [2.45, 2.75) is 32.2 Å². The summed E-state index contributed by atoms with van der Waals surface area (Å²) in [6.45, 7) is 1.36. The Morgan fingerprint density at radius 2 is 2.00 bits per heavy atom. The summed E-state index contributed by atoms with van der Waals surface area (Å²) in [5.74, 6) is 0.0519. The number of benzene rings is 1. The highest BCUT2D eigenvalue weighted by atomic mass is 16.1. The maximum Gasteiger partial charge on any atom is 0.224 e. The number of aromatic nitrogens is 3. The van der Waals surface area contributed by atoms with Crippen molar-refractivity contribution in [2.75, 3.05) is 11.9 Å². The van der Waals surface area contributed by atoms with Gasteiger partial charge in [0.25, 0.3) is 0 Å². The van der Waals surface area contributed by atoms with Gasteiger partial charge < -0.3 is 11.1 Å². The summed E-state index contributed by atoms with van der Waals surface area (Å²) < 4.78 is 1.75. The van der Waals surface area contributed by atoms with Crippen LogP contribution in [0.5, 0.6) is 0 Å². The second kappa shape index (κ2) is 8.16. The Hall–Kier alpha value is -2.21. The van der Waals surface area contributed by atoms with Crippen molar-refractivity contribution in [3.63, 3.8) is 0 Å². The van der Waals surface area contributed by atoms with E-state index in [1.807, 2.05) is 24.3 Å². The molecule has 0 fully saturated rings. The van der Waals surface area contributed by atoms with E-state index in [9.17, 15) is 4.79 Å². The van der Waals surface area contributed by atoms with Crippen molar-refractivity contribution in [1.82, 2.24) is 14.8 Å². The van der Waals surface area contributed by atoms with Crippen LogP contribution in [-0.2, 0) is 11.3 Å². The number of unbranched alkanes of at least 4 members (excludes halogenated alkanes) is 2. The average Bonchev–Trinajstić information content (AvgIpc) is 2.99. The highest BCUT2D eigenvalue weighted by Gasteiger charge is 2.02. The van der Waals surface area contributed by atoms with Gasteiger partial charge >= 0.3 is 0 Å². The zero-order chi connectivity index (χ0) is 14.9. The molecule has 0 saturated carbocycles. The van der Waals surface area contributed by atoms with Crippen LogP contribution in [0.15, 0.2) is 36.9 Å². The number of anilines is 1. The maximum atomic E-state index is 11.8. The first-order valence-electron chi connectivity index (χ1n) is 7.19. The summed E-state index contributed by atoms with van der Waals surface area (Å²) in [6, 6.07) is 7.77. The molecule has 2 aromatic rings. The zero-order valence-electron chi connectivity index (χ0n) is 12.0. The molecule has 0 aliphatic rings. The summed E-state index contributed by atoms with van der Waals surface area (Å²) in [5.41, 5.74) is 7.35. The largest absolute Gasteiger partial charge is 0.330 e. The molecule has 0 bridgehead atoms. The second-order valence-corrected chi connectivity index (χ2v) is 4.94. The SMILES string of the molecule is NCCCCCC(=O)Nc1ccc(Cn2cncn2)cc1. The van der Waals surface area contributed by atoms with Crippen LogP contribution >= 0.6 is 0 Å². The molecule has 3 N–H and O–H groups in total. The molecule has 0 unspecified atom stereocenters. The van der Waals surface area contributed by atoms with Crippen LogP contribution in [0.3, 0.4) is 0 Å². The summed E-state index contributed by atoms with van der Waals surface area (Å²) in [4.78, 5) is 15.7. The molecule has 0 radical (unpaired) electrons. The van der Waals surface area contributed by atoms with Crippen molar-refractivity contribution in [3.8, 4) is 0 Å². The molecule has 1 aromatic heterocycles. The summed E-state index contributed by atoms with van der Waals surface area (Å²) >= 11 is 0. The van der Waals surface area contributed by atoms with E-state index in [4.69, 9.17) is 5.73 Å². The van der Waals surface area contributed by atoms with Crippen LogP contribution in [0.25, 0.3) is 0 Å². The van der Waals surface area contributed by atoms with Gasteiger partial charge in [0.2, 0.25) is 5.91 Å². The molecule has 0 aliphatic carbocycles. The summed E-state index contributed by atoms with van der Waals surface area (Å²) in [7, 11) is 0. The van der Waals surface area contributed by atoms with Crippen molar-refractivity contribution < 1.29 is 4.79 Å². The molecular formula is C15H21N5O. The number of hydrogen-bond donors (Lipinski definition) is 2. The highest BCUT2D eigenvalue weighted by Crippen LogP contribution is 2.11. The normalized spacial score (nSPS) is 10.5. The van der Waals surface area contributed by atoms with Gasteiger partial charge in [0, 0.05) is 12.1 Å². The molecule has 1 aromatic carbocycles. The lowest BCUT2D eigenvalue weighted by Crippen LogP contribution is -2.11. The van der Waals surface area contributed by atoms with E-state index in [0.29, 0.717) is 19.5 Å². The third kappa shape index (κ3) is 5.35. The molecule has 21 heavy (non-hydrogen) atoms. The standard InChI is InChI=1S/C15H21N5O/c16-9-3-1-2-4-15(21)19-14-7-5-13(6-8-14)10-20-12-17-11-18-20/h5-8,11-12H,1-4,9-10,16H2,(H,19,21). The first-order valence-corrected chi connectivity index (χ1v) is 7.19. The number of carbonyl (C=O) groups excluding carboxylic acids is 1. The molecule has 112 valence electrons. The van der Waals surface area contributed by atoms with Gasteiger partial charge in [0.05, 0.1) is 6.54 Å². The van der Waals surface area contributed by atoms with Gasteiger partial charge in [-0.3, -0.25) is 4.79 Å². The number of nitrogens with two attached hydrogens (primary N) is 1. The minimum absolute atomic E-state index is 0.0519. The Labute approximate surface area is 124 Å². The molecule has 0 saturated heterocycles. The minimum atomic E-state index is 0.0519. The maximum absolute atomic E-state index is 11.8. The van der Waals surface area contributed by atoms with Gasteiger partial charge in [-0.25, -0.2) is 9.67 Å². The number of carbonyl (C=O) groups is 1. The van der Waals surface area contributed by atoms with E-state index < -0.39 is 0 Å². The molecule has 6 heteroatoms. The predicted octanol–water partition coefficient (Wildman–Crippen LogP) is 1.78. The highest BCUT2D eigenvalue weighted by molar-refractivity contribution is 5.90. The number of hydrogen-bond acceptors (Lipinski definition) is 4. The molecule has 2 rings (SSSR count). The van der Waals surface area contributed by atoms with Crippen LogP contribution in [0.1, 0.15) is 31.2 Å². The van der Waals surface area contributed by atoms with Gasteiger partial charge in [-0.1, -0.05) is 18.6 Å². The molecule has 0 aliphatic heterocycles. The number of amides is 1. The number of nitrogens with one attached hydrogen (secondary N) is 1. The van der Waals surface area contributed by atoms with Crippen molar-refractivity contribution >= 4 is 11.6 Å². The van der Waals surface area contributed by atoms with Crippen molar-refractivity contribution in [3.05, 3.63) is 42.5 Å². The lowest BCUT2D eigenvalue weighted by Gasteiger charge is -2.06. The zero-order valence-corrected chi connectivity index (χ0v) is 12.0. The van der Waals surface area contributed by atoms with E-state index in [-0.39, 0.29) is 5.91 Å². The monoisotopic (exact) mass is 287 g/mol. The van der Waals surface area contributed by atoms with E-state index in [2.05, 4.69) is 15.4 Å². The van der Waals surface area contributed by atoms with Crippen LogP contribution in [0.4, 0.5) is 5.69 Å². The quantitative estimate of drug-likeness (QED) is 0.725. The van der Waals surface area contributed by atoms with Crippen LogP contribution < -0.4 is 11.1 Å². The van der Waals surface area contributed by atoms with E-state index in [1.54, 1.807) is 11.0 Å². The molecule has 0 spiro atoms. The molecule has 1 heterocycles. The average molecular weight is 287 g/mol. The lowest BCUT2D eigenvalue weighted by atomic mass is 10.1. The van der Waals surface area contributed by atoms with Crippen molar-refractivity contribution in [2.24, 2.45) is 5.73 Å². The third-order valence-corrected chi connectivity index (χ3v) is 3.16. The van der Waals surface area contributed by atoms with Crippen LogP contribution in [0, 0.1) is 0 Å². The second-order valence-electron chi connectivity index (χ2n) is 4.94. The van der Waals surface area contributed by atoms with Crippen LogP contribution in [-0.4, -0.2) is 27.2 Å². The smallest absolute Gasteiger partial charge is 0.224 e. The summed E-state index contributed by atoms with van der Waals surface area (Å²) in [5, 5.41) is 6.96. The first-order chi connectivity index (χ1) is 10.3. The third-order valence-electron chi connectivity index (χ3n) is 3.16. The number of rotatable bonds is 8. The van der Waals surface area contributed by atoms with E-state index in [0.717, 1.165) is 30.5 Å².